The Labute approximate surface area is 97.7 Å². The van der Waals surface area contributed by atoms with Gasteiger partial charge in [0, 0.05) is 19.0 Å². The average Bonchev–Trinajstić information content (AvgIpc) is 2.74. The molecule has 2 heteroatoms. The number of nitrogens with one attached hydrogen (secondary N) is 1. The van der Waals surface area contributed by atoms with E-state index >= 15 is 0 Å². The number of rotatable bonds is 3. The largest absolute Gasteiger partial charge is 0.508 e. The molecule has 2 nitrogen and oxygen atoms in total. The molecule has 1 heterocycles. The van der Waals surface area contributed by atoms with E-state index in [0.717, 1.165) is 31.5 Å². The second-order valence-electron chi connectivity index (χ2n) is 4.81. The van der Waals surface area contributed by atoms with Gasteiger partial charge in [0.25, 0.3) is 0 Å². The summed E-state index contributed by atoms with van der Waals surface area (Å²) in [6.45, 7) is 6.56. The molecule has 0 aromatic heterocycles. The van der Waals surface area contributed by atoms with Crippen LogP contribution in [0, 0.1) is 5.41 Å². The van der Waals surface area contributed by atoms with Crippen LogP contribution in [-0.4, -0.2) is 18.2 Å². The second kappa shape index (κ2) is 4.46. The predicted molar refractivity (Wildman–Crippen MR) is 66.7 cm³/mol. The fraction of sp³-hybridized carbons (Fsp3) is 0.571. The summed E-state index contributed by atoms with van der Waals surface area (Å²) >= 11 is 0. The maximum atomic E-state index is 9.97. The highest BCUT2D eigenvalue weighted by atomic mass is 16.3. The van der Waals surface area contributed by atoms with Crippen LogP contribution in [0.4, 0.5) is 0 Å². The van der Waals surface area contributed by atoms with E-state index in [1.165, 1.54) is 0 Å². The Morgan fingerprint density at radius 3 is 2.62 bits per heavy atom. The quantitative estimate of drug-likeness (QED) is 0.819. The van der Waals surface area contributed by atoms with Gasteiger partial charge in [0.1, 0.15) is 5.75 Å². The van der Waals surface area contributed by atoms with Crippen molar-refractivity contribution >= 4 is 0 Å². The lowest BCUT2D eigenvalue weighted by Crippen LogP contribution is -2.27. The molecule has 88 valence electrons. The molecule has 0 unspecified atom stereocenters. The molecule has 1 fully saturated rings. The lowest BCUT2D eigenvalue weighted by atomic mass is 9.70. The van der Waals surface area contributed by atoms with Crippen LogP contribution < -0.4 is 5.32 Å². The molecule has 0 aliphatic carbocycles. The fourth-order valence-corrected chi connectivity index (χ4v) is 3.02. The Morgan fingerprint density at radius 1 is 1.31 bits per heavy atom. The minimum Gasteiger partial charge on any atom is -0.508 e. The van der Waals surface area contributed by atoms with E-state index in [9.17, 15) is 5.11 Å². The second-order valence-corrected chi connectivity index (χ2v) is 4.81. The average molecular weight is 219 g/mol. The van der Waals surface area contributed by atoms with Gasteiger partial charge in [0.05, 0.1) is 0 Å². The van der Waals surface area contributed by atoms with Crippen LogP contribution in [0.5, 0.6) is 5.75 Å². The first-order valence-electron chi connectivity index (χ1n) is 6.22. The predicted octanol–water partition coefficient (Wildman–Crippen LogP) is 2.89. The number of aromatic hydroxyl groups is 1. The van der Waals surface area contributed by atoms with Crippen molar-refractivity contribution < 1.29 is 5.11 Å². The molecule has 16 heavy (non-hydrogen) atoms. The lowest BCUT2D eigenvalue weighted by Gasteiger charge is -2.33. The van der Waals surface area contributed by atoms with Crippen molar-refractivity contribution in [2.45, 2.75) is 32.6 Å². The van der Waals surface area contributed by atoms with Crippen LogP contribution in [0.15, 0.2) is 24.3 Å². The van der Waals surface area contributed by atoms with Gasteiger partial charge in [-0.25, -0.2) is 0 Å². The molecule has 1 saturated heterocycles. The maximum Gasteiger partial charge on any atom is 0.119 e. The third-order valence-electron chi connectivity index (χ3n) is 4.29. The minimum atomic E-state index is 0.318. The molecule has 0 bridgehead atoms. The lowest BCUT2D eigenvalue weighted by molar-refractivity contribution is 0.256. The first kappa shape index (κ1) is 11.5. The molecule has 2 rings (SSSR count). The van der Waals surface area contributed by atoms with E-state index in [1.54, 1.807) is 6.07 Å². The number of hydrogen-bond acceptors (Lipinski definition) is 2. The monoisotopic (exact) mass is 219 g/mol. The van der Waals surface area contributed by atoms with Crippen LogP contribution in [0.25, 0.3) is 0 Å². The molecule has 0 amide bonds. The molecule has 1 atom stereocenters. The van der Waals surface area contributed by atoms with Crippen molar-refractivity contribution in [2.24, 2.45) is 5.41 Å². The molecular weight excluding hydrogens is 198 g/mol. The van der Waals surface area contributed by atoms with E-state index in [-0.39, 0.29) is 0 Å². The van der Waals surface area contributed by atoms with E-state index in [0.29, 0.717) is 17.1 Å². The van der Waals surface area contributed by atoms with Gasteiger partial charge in [-0.2, -0.15) is 0 Å². The summed E-state index contributed by atoms with van der Waals surface area (Å²) in [6, 6.07) is 7.76. The standard InChI is InChI=1S/C14H21NO/c1-3-14(4-2)10-15-9-12(14)11-7-5-6-8-13(11)16/h5-8,12,15-16H,3-4,9-10H2,1-2H3/t12-/m1/s1. The van der Waals surface area contributed by atoms with Crippen molar-refractivity contribution in [3.63, 3.8) is 0 Å². The number of benzene rings is 1. The number of phenolic OH excluding ortho intramolecular Hbond substituents is 1. The van der Waals surface area contributed by atoms with Gasteiger partial charge in [-0.15, -0.1) is 0 Å². The highest BCUT2D eigenvalue weighted by Gasteiger charge is 2.41. The zero-order valence-corrected chi connectivity index (χ0v) is 10.2. The summed E-state index contributed by atoms with van der Waals surface area (Å²) in [6.07, 6.45) is 2.32. The zero-order valence-electron chi connectivity index (χ0n) is 10.2. The van der Waals surface area contributed by atoms with Gasteiger partial charge in [-0.1, -0.05) is 32.0 Å². The van der Waals surface area contributed by atoms with Crippen LogP contribution >= 0.6 is 0 Å². The van der Waals surface area contributed by atoms with Crippen LogP contribution in [0.2, 0.25) is 0 Å². The smallest absolute Gasteiger partial charge is 0.119 e. The zero-order chi connectivity index (χ0) is 11.6. The number of hydrogen-bond donors (Lipinski definition) is 2. The minimum absolute atomic E-state index is 0.318. The highest BCUT2D eigenvalue weighted by Crippen LogP contribution is 2.46. The highest BCUT2D eigenvalue weighted by molar-refractivity contribution is 5.37. The van der Waals surface area contributed by atoms with E-state index in [4.69, 9.17) is 0 Å². The van der Waals surface area contributed by atoms with E-state index in [2.05, 4.69) is 25.2 Å². The summed E-state index contributed by atoms with van der Waals surface area (Å²) in [7, 11) is 0. The molecule has 0 spiro atoms. The van der Waals surface area contributed by atoms with Crippen LogP contribution in [-0.2, 0) is 0 Å². The van der Waals surface area contributed by atoms with Gasteiger partial charge in [0.15, 0.2) is 0 Å². The van der Waals surface area contributed by atoms with E-state index < -0.39 is 0 Å². The first-order valence-corrected chi connectivity index (χ1v) is 6.22. The van der Waals surface area contributed by atoms with Gasteiger partial charge in [0.2, 0.25) is 0 Å². The maximum absolute atomic E-state index is 9.97. The Bertz CT molecular complexity index is 358. The summed E-state index contributed by atoms with van der Waals surface area (Å²) in [5.41, 5.74) is 1.43. The van der Waals surface area contributed by atoms with Gasteiger partial charge in [-0.3, -0.25) is 0 Å². The molecule has 1 aromatic carbocycles. The third kappa shape index (κ3) is 1.71. The molecule has 1 aliphatic rings. The topological polar surface area (TPSA) is 32.3 Å². The molecule has 1 aliphatic heterocycles. The molecule has 1 aromatic rings. The molecule has 2 N–H and O–H groups in total. The van der Waals surface area contributed by atoms with Crippen molar-refractivity contribution in [3.05, 3.63) is 29.8 Å². The summed E-state index contributed by atoms with van der Waals surface area (Å²) in [5.74, 6) is 0.895. The normalized spacial score (nSPS) is 23.5. The van der Waals surface area contributed by atoms with Crippen molar-refractivity contribution in [1.82, 2.24) is 5.32 Å². The Hall–Kier alpha value is -1.02. The third-order valence-corrected chi connectivity index (χ3v) is 4.29. The summed E-state index contributed by atoms with van der Waals surface area (Å²) < 4.78 is 0. The molecule has 0 radical (unpaired) electrons. The summed E-state index contributed by atoms with van der Waals surface area (Å²) in [4.78, 5) is 0. The first-order chi connectivity index (χ1) is 7.73. The van der Waals surface area contributed by atoms with Crippen molar-refractivity contribution in [3.8, 4) is 5.75 Å². The Morgan fingerprint density at radius 2 is 2.00 bits per heavy atom. The van der Waals surface area contributed by atoms with Crippen LogP contribution in [0.3, 0.4) is 0 Å². The SMILES string of the molecule is CCC1(CC)CNC[C@@H]1c1ccccc1O. The van der Waals surface area contributed by atoms with Crippen LogP contribution in [0.1, 0.15) is 38.2 Å². The van der Waals surface area contributed by atoms with Crippen molar-refractivity contribution in [1.29, 1.82) is 0 Å². The fourth-order valence-electron chi connectivity index (χ4n) is 3.02. The Kier molecular flexibility index (Phi) is 3.20. The number of para-hydroxylation sites is 1. The molecule has 0 saturated carbocycles. The number of phenols is 1. The summed E-state index contributed by atoms with van der Waals surface area (Å²) in [5, 5.41) is 13.4. The van der Waals surface area contributed by atoms with Gasteiger partial charge in [-0.05, 0) is 29.9 Å². The van der Waals surface area contributed by atoms with Crippen molar-refractivity contribution in [2.75, 3.05) is 13.1 Å². The van der Waals surface area contributed by atoms with Gasteiger partial charge >= 0.3 is 0 Å². The molecular formula is C14H21NO. The Balaban J connectivity index is 2.37. The van der Waals surface area contributed by atoms with Gasteiger partial charge < -0.3 is 10.4 Å². The van der Waals surface area contributed by atoms with E-state index in [1.807, 2.05) is 12.1 Å².